The Bertz CT molecular complexity index is 7330. The molecule has 0 fully saturated rings. The van der Waals surface area contributed by atoms with Crippen LogP contribution in [0.4, 0.5) is 11.4 Å². The number of fused-ring (bicyclic) bond motifs is 16. The normalized spacial score (nSPS) is 15.4. The lowest BCUT2D eigenvalue weighted by Crippen LogP contribution is -2.60. The maximum absolute atomic E-state index is 5.75. The van der Waals surface area contributed by atoms with Crippen LogP contribution in [0.25, 0.3) is 151 Å². The molecule has 0 N–H and O–H groups in total. The van der Waals surface area contributed by atoms with Gasteiger partial charge in [-0.05, 0) is 158 Å². The van der Waals surface area contributed by atoms with Crippen molar-refractivity contribution in [3.05, 3.63) is 299 Å². The molecule has 8 heterocycles. The molecule has 0 radical (unpaired) electrons. The van der Waals surface area contributed by atoms with Gasteiger partial charge in [0.05, 0.1) is 61.9 Å². The van der Waals surface area contributed by atoms with Gasteiger partial charge >= 0.3 is 0 Å². The van der Waals surface area contributed by atoms with Crippen LogP contribution < -0.4 is 21.3 Å². The Morgan fingerprint density at radius 1 is 0.283 bits per heavy atom. The van der Waals surface area contributed by atoms with Gasteiger partial charge in [0.15, 0.2) is 34.9 Å². The SMILES string of the molecule is CC(C)(C)C1=CC2c3cc(C(C)(C)C)ccc3N(c3cc(-n4c5ccc(C(C)(C)C)cc5c5cc(C(C)(C)C)ccc54)c4c5c3-n3c6ccccc6c6c(-c7nc(-c8ccc(C(C)(C)C)cc8)nc(-c8ccc(C(C)(C)C)cc8)n7)ccc(c63)B5c3ccc(-c5nc(-c6ccc(C(C)(C)C)cc6)nc(-c6ccc(C(C)(C)C)cc6)n5)c5c6ccccc6n-4c35)C2C=C1. The quantitative estimate of drug-likeness (QED) is 0.140. The lowest BCUT2D eigenvalue weighted by Gasteiger charge is -2.40. The zero-order valence-electron chi connectivity index (χ0n) is 78.4. The molecular weight excluding hydrogens is 1540 g/mol. The number of rotatable bonds is 8. The highest BCUT2D eigenvalue weighted by Crippen LogP contribution is 2.56. The van der Waals surface area contributed by atoms with Crippen LogP contribution >= 0.6 is 0 Å². The molecule has 2 unspecified atom stereocenters. The van der Waals surface area contributed by atoms with Crippen molar-refractivity contribution in [2.75, 3.05) is 4.90 Å². The Kier molecular flexibility index (Phi) is 17.9. The van der Waals surface area contributed by atoms with Crippen molar-refractivity contribution in [3.8, 4) is 85.4 Å². The van der Waals surface area contributed by atoms with Crippen LogP contribution in [-0.2, 0) is 37.9 Å². The Labute approximate surface area is 749 Å². The van der Waals surface area contributed by atoms with E-state index in [9.17, 15) is 0 Å². The van der Waals surface area contributed by atoms with E-state index in [-0.39, 0.29) is 55.3 Å². The highest BCUT2D eigenvalue weighted by molar-refractivity contribution is 7.00. The van der Waals surface area contributed by atoms with Crippen molar-refractivity contribution < 1.29 is 0 Å². The highest BCUT2D eigenvalue weighted by Gasteiger charge is 2.49. The van der Waals surface area contributed by atoms with E-state index in [0.29, 0.717) is 34.9 Å². The van der Waals surface area contributed by atoms with Crippen LogP contribution in [0.2, 0.25) is 0 Å². The van der Waals surface area contributed by atoms with Gasteiger partial charge in [0.2, 0.25) is 0 Å². The predicted molar refractivity (Wildman–Crippen MR) is 536 cm³/mol. The van der Waals surface area contributed by atoms with Gasteiger partial charge in [-0.3, -0.25) is 0 Å². The third-order valence-corrected chi connectivity index (χ3v) is 28.0. The molecule has 10 nitrogen and oxygen atoms in total. The summed E-state index contributed by atoms with van der Waals surface area (Å²) in [5, 5.41) is 6.81. The molecule has 0 spiro atoms. The monoisotopic (exact) mass is 1660 g/mol. The van der Waals surface area contributed by atoms with Gasteiger partial charge in [0.1, 0.15) is 0 Å². The number of para-hydroxylation sites is 2. The van der Waals surface area contributed by atoms with E-state index in [2.05, 4.69) is 434 Å². The molecular formula is C116H115BN10. The van der Waals surface area contributed by atoms with Crippen molar-refractivity contribution in [2.45, 2.75) is 216 Å². The van der Waals surface area contributed by atoms with Crippen LogP contribution in [0.3, 0.4) is 0 Å². The van der Waals surface area contributed by atoms with Crippen LogP contribution in [0.5, 0.6) is 0 Å². The summed E-state index contributed by atoms with van der Waals surface area (Å²) in [5.74, 6) is 3.68. The van der Waals surface area contributed by atoms with Crippen molar-refractivity contribution in [2.24, 2.45) is 5.41 Å². The summed E-state index contributed by atoms with van der Waals surface area (Å²) in [7, 11) is 0. The van der Waals surface area contributed by atoms with E-state index < -0.39 is 6.71 Å². The first-order chi connectivity index (χ1) is 60.0. The molecule has 0 bridgehead atoms. The summed E-state index contributed by atoms with van der Waals surface area (Å²) < 4.78 is 8.06. The molecule has 12 aromatic carbocycles. The average molecular weight is 1660 g/mol. The second-order valence-corrected chi connectivity index (χ2v) is 44.9. The summed E-state index contributed by atoms with van der Waals surface area (Å²) in [6, 6.07) is 88.1. The average Bonchev–Trinajstić information content (AvgIpc) is 1.52. The molecule has 4 aliphatic rings. The molecule has 5 aromatic heterocycles. The molecule has 632 valence electrons. The third kappa shape index (κ3) is 13.1. The molecule has 17 aromatic rings. The van der Waals surface area contributed by atoms with Gasteiger partial charge in [-0.2, -0.15) is 0 Å². The third-order valence-electron chi connectivity index (χ3n) is 28.0. The van der Waals surface area contributed by atoms with E-state index in [0.717, 1.165) is 111 Å². The minimum absolute atomic E-state index is 0.0126. The van der Waals surface area contributed by atoms with Crippen molar-refractivity contribution in [3.63, 3.8) is 0 Å². The summed E-state index contributed by atoms with van der Waals surface area (Å²) in [6.45, 7) is 55.1. The highest BCUT2D eigenvalue weighted by atomic mass is 15.2. The number of hydrogen-bond donors (Lipinski definition) is 0. The molecule has 0 amide bonds. The van der Waals surface area contributed by atoms with Crippen molar-refractivity contribution >= 4 is 99.9 Å². The Hall–Kier alpha value is -12.6. The van der Waals surface area contributed by atoms with Crippen LogP contribution in [0.15, 0.2) is 254 Å². The van der Waals surface area contributed by atoms with Gasteiger partial charge in [-0.1, -0.05) is 366 Å². The maximum atomic E-state index is 5.75. The summed E-state index contributed by atoms with van der Waals surface area (Å²) in [5.41, 5.74) is 32.2. The number of anilines is 2. The molecule has 21 rings (SSSR count). The Morgan fingerprint density at radius 2 is 0.622 bits per heavy atom. The molecule has 11 heteroatoms. The fourth-order valence-electron chi connectivity index (χ4n) is 20.6. The number of benzene rings is 12. The maximum Gasteiger partial charge on any atom is 0.252 e. The summed E-state index contributed by atoms with van der Waals surface area (Å²) >= 11 is 0. The number of hydrogen-bond acceptors (Lipinski definition) is 7. The Balaban J connectivity index is 0.937. The fraction of sp³-hybridized carbons (Fsp3) is 0.293. The van der Waals surface area contributed by atoms with Gasteiger partial charge in [-0.25, -0.2) is 29.9 Å². The van der Waals surface area contributed by atoms with E-state index in [4.69, 9.17) is 29.9 Å². The molecule has 0 saturated heterocycles. The smallest absolute Gasteiger partial charge is 0.252 e. The van der Waals surface area contributed by atoms with Gasteiger partial charge in [0.25, 0.3) is 6.71 Å². The number of aromatic nitrogens is 9. The molecule has 2 atom stereocenters. The Morgan fingerprint density at radius 3 is 1.00 bits per heavy atom. The lowest BCUT2D eigenvalue weighted by atomic mass is 9.34. The zero-order valence-corrected chi connectivity index (χ0v) is 78.4. The number of allylic oxidation sites excluding steroid dienone is 2. The topological polar surface area (TPSA) is 95.4 Å². The van der Waals surface area contributed by atoms with Crippen LogP contribution in [-0.4, -0.2) is 56.4 Å². The minimum Gasteiger partial charge on any atom is -0.332 e. The van der Waals surface area contributed by atoms with Gasteiger partial charge in [-0.15, -0.1) is 0 Å². The molecule has 0 saturated carbocycles. The zero-order chi connectivity index (χ0) is 88.9. The fourth-order valence-corrected chi connectivity index (χ4v) is 20.6. The van der Waals surface area contributed by atoms with Gasteiger partial charge < -0.3 is 18.6 Å². The first kappa shape index (κ1) is 81.4. The summed E-state index contributed by atoms with van der Waals surface area (Å²) in [4.78, 5) is 36.7. The van der Waals surface area contributed by atoms with Gasteiger partial charge in [0, 0.05) is 77.3 Å². The molecule has 127 heavy (non-hydrogen) atoms. The molecule has 1 aliphatic carbocycles. The van der Waals surface area contributed by atoms with E-state index >= 15 is 0 Å². The second kappa shape index (κ2) is 28.0. The van der Waals surface area contributed by atoms with Crippen LogP contribution in [0, 0.1) is 5.41 Å². The van der Waals surface area contributed by atoms with Crippen molar-refractivity contribution in [1.82, 2.24) is 43.6 Å². The second-order valence-electron chi connectivity index (χ2n) is 44.9. The number of nitrogens with zero attached hydrogens (tertiary/aromatic N) is 10. The van der Waals surface area contributed by atoms with Crippen LogP contribution in [0.1, 0.15) is 217 Å². The van der Waals surface area contributed by atoms with E-state index in [1.165, 1.54) is 82.9 Å². The lowest BCUT2D eigenvalue weighted by molar-refractivity contribution is 0.507. The van der Waals surface area contributed by atoms with Crippen molar-refractivity contribution in [1.29, 1.82) is 0 Å². The minimum atomic E-state index is -0.395. The predicted octanol–water partition coefficient (Wildman–Crippen LogP) is 27.7. The largest absolute Gasteiger partial charge is 0.332 e. The standard InChI is InChI=1S/C116H115BN10/c1-109(2,3)70-41-33-66(34-42-70)103-118-104(67-35-43-71(44-36-67)110(4,5)6)121-107(120-103)80-53-55-86-99-96(80)78-29-25-27-31-88(78)126(99)101-94(124-90-57-49-74(113(13,14)15)61-82(90)83-62-75(114(16,17)18)50-58-91(83)124)65-95(125-92-59-51-76(115(19,20)21)63-84(92)85-64-77(116(22,23)24)52-60-93(85)125)102-98(101)117(86)87-56-54-81(97-79-30-26-28-32-89(79)127(102)100(87)97)108-122-105(68-37-45-72(46-38-68)111(7,8)9)119-106(123-108)69-39-47-73(48-40-69)112(10,11)12/h25-65,82,90H,1-24H3. The van der Waals surface area contributed by atoms with E-state index in [1.807, 2.05) is 0 Å². The van der Waals surface area contributed by atoms with E-state index in [1.54, 1.807) is 0 Å². The first-order valence-corrected chi connectivity index (χ1v) is 45.8. The molecule has 3 aliphatic heterocycles. The first-order valence-electron chi connectivity index (χ1n) is 45.8. The summed E-state index contributed by atoms with van der Waals surface area (Å²) in [6.07, 6.45) is 7.62.